The predicted octanol–water partition coefficient (Wildman–Crippen LogP) is 1.33. The number of thiazole rings is 1. The Balaban J connectivity index is 2.35. The van der Waals surface area contributed by atoms with E-state index < -0.39 is 24.9 Å². The van der Waals surface area contributed by atoms with Gasteiger partial charge in [-0.25, -0.2) is 18.6 Å². The fourth-order valence-electron chi connectivity index (χ4n) is 1.16. The molecule has 1 heterocycles. The van der Waals surface area contributed by atoms with E-state index >= 15 is 0 Å². The second-order valence-electron chi connectivity index (χ2n) is 3.48. The summed E-state index contributed by atoms with van der Waals surface area (Å²) in [6, 6.07) is 0. The van der Waals surface area contributed by atoms with Crippen molar-refractivity contribution in [3.05, 3.63) is 16.1 Å². The lowest BCUT2D eigenvalue weighted by Gasteiger charge is -2.04. The monoisotopic (exact) mass is 308 g/mol. The minimum atomic E-state index is -2.53. The molecule has 1 rings (SSSR count). The van der Waals surface area contributed by atoms with E-state index in [0.29, 0.717) is 0 Å². The number of amides is 1. The van der Waals surface area contributed by atoms with Crippen LogP contribution in [-0.4, -0.2) is 49.7 Å². The van der Waals surface area contributed by atoms with Gasteiger partial charge in [0.05, 0.1) is 13.2 Å². The first kappa shape index (κ1) is 16.4. The van der Waals surface area contributed by atoms with Crippen molar-refractivity contribution >= 4 is 23.2 Å². The van der Waals surface area contributed by atoms with Crippen LogP contribution in [0.2, 0.25) is 0 Å². The van der Waals surface area contributed by atoms with Gasteiger partial charge in [-0.15, -0.1) is 11.3 Å². The normalized spacial score (nSPS) is 10.6. The summed E-state index contributed by atoms with van der Waals surface area (Å²) < 4.78 is 32.9. The van der Waals surface area contributed by atoms with Crippen LogP contribution >= 0.6 is 11.3 Å². The summed E-state index contributed by atoms with van der Waals surface area (Å²) >= 11 is 0.997. The van der Waals surface area contributed by atoms with Crippen LogP contribution in [0.15, 0.2) is 5.38 Å². The minimum Gasteiger partial charge on any atom is -0.461 e. The summed E-state index contributed by atoms with van der Waals surface area (Å²) in [6.07, 6.45) is -2.53. The Hall–Kier alpha value is -1.61. The molecule has 0 unspecified atom stereocenters. The molecule has 0 bridgehead atoms. The molecule has 0 aromatic carbocycles. The van der Waals surface area contributed by atoms with E-state index in [4.69, 9.17) is 4.74 Å². The molecule has 112 valence electrons. The molecule has 1 aromatic rings. The molecule has 0 aliphatic carbocycles. The van der Waals surface area contributed by atoms with Gasteiger partial charge in [-0.2, -0.15) is 0 Å². The number of hydrogen-bond donors (Lipinski definition) is 1. The van der Waals surface area contributed by atoms with Crippen molar-refractivity contribution in [2.45, 2.75) is 13.3 Å². The zero-order valence-corrected chi connectivity index (χ0v) is 11.5. The predicted molar refractivity (Wildman–Crippen MR) is 67.2 cm³/mol. The topological polar surface area (TPSA) is 77.5 Å². The number of esters is 1. The third-order valence-electron chi connectivity index (χ3n) is 1.96. The van der Waals surface area contributed by atoms with E-state index in [1.165, 1.54) is 5.38 Å². The molecule has 1 amide bonds. The zero-order chi connectivity index (χ0) is 15.0. The van der Waals surface area contributed by atoms with E-state index in [2.05, 4.69) is 15.0 Å². The van der Waals surface area contributed by atoms with Crippen LogP contribution < -0.4 is 5.32 Å². The molecule has 0 atom stereocenters. The number of alkyl halides is 2. The van der Waals surface area contributed by atoms with E-state index in [1.807, 2.05) is 0 Å². The molecule has 0 saturated heterocycles. The second kappa shape index (κ2) is 8.54. The van der Waals surface area contributed by atoms with E-state index in [-0.39, 0.29) is 30.5 Å². The third-order valence-corrected chi connectivity index (χ3v) is 2.78. The fourth-order valence-corrected chi connectivity index (χ4v) is 1.85. The summed E-state index contributed by atoms with van der Waals surface area (Å²) in [5.41, 5.74) is 0.0758. The van der Waals surface area contributed by atoms with Crippen LogP contribution in [0.3, 0.4) is 0 Å². The van der Waals surface area contributed by atoms with Gasteiger partial charge in [0.25, 0.3) is 12.3 Å². The zero-order valence-electron chi connectivity index (χ0n) is 10.7. The van der Waals surface area contributed by atoms with Crippen molar-refractivity contribution in [1.29, 1.82) is 0 Å². The number of nitrogens with one attached hydrogen (secondary N) is 1. The van der Waals surface area contributed by atoms with Crippen molar-refractivity contribution in [2.24, 2.45) is 0 Å². The maximum absolute atomic E-state index is 11.8. The fraction of sp³-hybridized carbons (Fsp3) is 0.545. The van der Waals surface area contributed by atoms with Crippen molar-refractivity contribution in [3.8, 4) is 0 Å². The number of hydrogen-bond acceptors (Lipinski definition) is 6. The highest BCUT2D eigenvalue weighted by atomic mass is 32.1. The van der Waals surface area contributed by atoms with Crippen molar-refractivity contribution in [2.75, 3.05) is 26.4 Å². The van der Waals surface area contributed by atoms with Gasteiger partial charge in [-0.3, -0.25) is 4.79 Å². The molecule has 9 heteroatoms. The molecule has 20 heavy (non-hydrogen) atoms. The Morgan fingerprint density at radius 3 is 2.90 bits per heavy atom. The average Bonchev–Trinajstić information content (AvgIpc) is 2.87. The van der Waals surface area contributed by atoms with Crippen LogP contribution in [0.4, 0.5) is 8.78 Å². The smallest absolute Gasteiger partial charge is 0.367 e. The number of carbonyl (C=O) groups is 2. The van der Waals surface area contributed by atoms with Gasteiger partial charge in [0.2, 0.25) is 5.01 Å². The molecular formula is C11H14F2N2O4S. The third kappa shape index (κ3) is 5.57. The van der Waals surface area contributed by atoms with Gasteiger partial charge in [-0.05, 0) is 6.92 Å². The lowest BCUT2D eigenvalue weighted by Crippen LogP contribution is -2.28. The van der Waals surface area contributed by atoms with Gasteiger partial charge in [0.15, 0.2) is 0 Å². The first-order valence-corrected chi connectivity index (χ1v) is 6.69. The second-order valence-corrected chi connectivity index (χ2v) is 4.34. The number of nitrogens with zero attached hydrogens (tertiary/aromatic N) is 1. The van der Waals surface area contributed by atoms with E-state index in [1.54, 1.807) is 6.92 Å². The lowest BCUT2D eigenvalue weighted by molar-refractivity contribution is 0.0188. The highest BCUT2D eigenvalue weighted by Gasteiger charge is 2.15. The first-order chi connectivity index (χ1) is 9.54. The van der Waals surface area contributed by atoms with Gasteiger partial charge >= 0.3 is 5.97 Å². The molecule has 0 aliphatic heterocycles. The highest BCUT2D eigenvalue weighted by molar-refractivity contribution is 7.11. The summed E-state index contributed by atoms with van der Waals surface area (Å²) in [6.45, 7) is 1.28. The maximum atomic E-state index is 11.8. The Bertz CT molecular complexity index is 453. The van der Waals surface area contributed by atoms with E-state index in [9.17, 15) is 18.4 Å². The largest absolute Gasteiger partial charge is 0.461 e. The van der Waals surface area contributed by atoms with Crippen LogP contribution in [0.1, 0.15) is 27.2 Å². The quantitative estimate of drug-likeness (QED) is 0.579. The number of carbonyl (C=O) groups excluding carboxylic acids is 2. The van der Waals surface area contributed by atoms with Gasteiger partial charge in [0.1, 0.15) is 12.3 Å². The van der Waals surface area contributed by atoms with Gasteiger partial charge in [-0.1, -0.05) is 0 Å². The molecular weight excluding hydrogens is 294 g/mol. The van der Waals surface area contributed by atoms with Gasteiger partial charge in [0, 0.05) is 11.9 Å². The number of ether oxygens (including phenoxy) is 2. The lowest BCUT2D eigenvalue weighted by atomic mass is 10.4. The molecule has 0 fully saturated rings. The molecule has 0 spiro atoms. The summed E-state index contributed by atoms with van der Waals surface area (Å²) in [7, 11) is 0. The molecule has 6 nitrogen and oxygen atoms in total. The average molecular weight is 308 g/mol. The number of rotatable bonds is 8. The molecule has 0 aliphatic rings. The van der Waals surface area contributed by atoms with Crippen molar-refractivity contribution < 1.29 is 27.8 Å². The van der Waals surface area contributed by atoms with Crippen LogP contribution in [0.25, 0.3) is 0 Å². The molecule has 1 N–H and O–H groups in total. The highest BCUT2D eigenvalue weighted by Crippen LogP contribution is 2.11. The number of aromatic nitrogens is 1. The first-order valence-electron chi connectivity index (χ1n) is 5.81. The van der Waals surface area contributed by atoms with Crippen LogP contribution in [-0.2, 0) is 9.47 Å². The minimum absolute atomic E-state index is 0.0229. The molecule has 1 aromatic heterocycles. The maximum Gasteiger partial charge on any atom is 0.367 e. The standard InChI is InChI=1S/C11H14F2N2O4S/c1-2-19-11(17)10-15-7(6-20-10)9(16)14-3-4-18-5-8(12)13/h6,8H,2-5H2,1H3,(H,14,16). The Labute approximate surface area is 118 Å². The van der Waals surface area contributed by atoms with Crippen LogP contribution in [0.5, 0.6) is 0 Å². The Kier molecular flexibility index (Phi) is 7.02. The SMILES string of the molecule is CCOC(=O)c1nc(C(=O)NCCOCC(F)F)cs1. The van der Waals surface area contributed by atoms with Crippen molar-refractivity contribution in [1.82, 2.24) is 10.3 Å². The molecule has 0 radical (unpaired) electrons. The molecule has 0 saturated carbocycles. The number of halogens is 2. The summed E-state index contributed by atoms with van der Waals surface area (Å²) in [5.74, 6) is -1.09. The van der Waals surface area contributed by atoms with Crippen LogP contribution in [0, 0.1) is 0 Å². The Morgan fingerprint density at radius 1 is 1.50 bits per heavy atom. The van der Waals surface area contributed by atoms with Crippen molar-refractivity contribution in [3.63, 3.8) is 0 Å². The Morgan fingerprint density at radius 2 is 2.25 bits per heavy atom. The van der Waals surface area contributed by atoms with Gasteiger partial charge < -0.3 is 14.8 Å². The summed E-state index contributed by atoms with van der Waals surface area (Å²) in [5, 5.41) is 3.95. The van der Waals surface area contributed by atoms with E-state index in [0.717, 1.165) is 11.3 Å². The summed E-state index contributed by atoms with van der Waals surface area (Å²) in [4.78, 5) is 26.8.